The van der Waals surface area contributed by atoms with Gasteiger partial charge in [-0.05, 0) is 46.5 Å². The Hall–Kier alpha value is -2.68. The van der Waals surface area contributed by atoms with Gasteiger partial charge in [-0.25, -0.2) is 12.8 Å². The lowest BCUT2D eigenvalue weighted by atomic mass is 10.1. The molecule has 0 amide bonds. The molecule has 34 heavy (non-hydrogen) atoms. The summed E-state index contributed by atoms with van der Waals surface area (Å²) >= 11 is 5.83. The number of rotatable bonds is 7. The van der Waals surface area contributed by atoms with E-state index in [0.717, 1.165) is 23.5 Å². The first-order valence-corrected chi connectivity index (χ1v) is 13.9. The SMILES string of the molecule is CSc1sc(C(=N)N)cc1S(=O)(=O)c1cc(Br)c2c(c1)NCN2Cc1cc([N+](=O)[O-])ccc1F. The maximum Gasteiger partial charge on any atom is 0.269 e. The zero-order valence-corrected chi connectivity index (χ0v) is 21.5. The lowest BCUT2D eigenvalue weighted by Gasteiger charge is -2.20. The molecule has 0 spiro atoms. The van der Waals surface area contributed by atoms with Gasteiger partial charge in [-0.15, -0.1) is 23.1 Å². The summed E-state index contributed by atoms with van der Waals surface area (Å²) in [6.45, 7) is 0.296. The summed E-state index contributed by atoms with van der Waals surface area (Å²) in [6, 6.07) is 7.71. The molecule has 2 aromatic carbocycles. The van der Waals surface area contributed by atoms with Crippen LogP contribution in [0.15, 0.2) is 54.9 Å². The Morgan fingerprint density at radius 1 is 1.38 bits per heavy atom. The van der Waals surface area contributed by atoms with Crippen LogP contribution in [0.5, 0.6) is 0 Å². The Labute approximate surface area is 210 Å². The number of sulfone groups is 1. The predicted molar refractivity (Wildman–Crippen MR) is 134 cm³/mol. The predicted octanol–water partition coefficient (Wildman–Crippen LogP) is 4.79. The number of amidine groups is 1. The third-order valence-corrected chi connectivity index (χ3v) is 10.1. The molecule has 1 aromatic heterocycles. The maximum absolute atomic E-state index is 14.3. The average molecular weight is 586 g/mol. The van der Waals surface area contributed by atoms with Gasteiger partial charge < -0.3 is 16.0 Å². The number of nitro groups is 1. The van der Waals surface area contributed by atoms with Crippen LogP contribution in [-0.2, 0) is 16.4 Å². The van der Waals surface area contributed by atoms with Crippen LogP contribution in [0.25, 0.3) is 0 Å². The second kappa shape index (κ2) is 9.17. The Morgan fingerprint density at radius 3 is 2.76 bits per heavy atom. The molecule has 9 nitrogen and oxygen atoms in total. The van der Waals surface area contributed by atoms with E-state index in [1.54, 1.807) is 11.2 Å². The Morgan fingerprint density at radius 2 is 2.12 bits per heavy atom. The molecule has 14 heteroatoms. The van der Waals surface area contributed by atoms with Crippen molar-refractivity contribution >= 4 is 71.8 Å². The van der Waals surface area contributed by atoms with E-state index in [1.165, 1.54) is 36.0 Å². The number of anilines is 2. The van der Waals surface area contributed by atoms with Crippen molar-refractivity contribution in [3.63, 3.8) is 0 Å². The van der Waals surface area contributed by atoms with E-state index < -0.39 is 20.6 Å². The molecular weight excluding hydrogens is 569 g/mol. The van der Waals surface area contributed by atoms with Gasteiger partial charge in [0.1, 0.15) is 11.7 Å². The highest BCUT2D eigenvalue weighted by atomic mass is 79.9. The summed E-state index contributed by atoms with van der Waals surface area (Å²) in [6.07, 6.45) is 1.75. The van der Waals surface area contributed by atoms with Gasteiger partial charge in [0, 0.05) is 28.7 Å². The van der Waals surface area contributed by atoms with Crippen molar-refractivity contribution in [1.82, 2.24) is 0 Å². The van der Waals surface area contributed by atoms with Crippen LogP contribution in [0.2, 0.25) is 0 Å². The largest absolute Gasteiger partial charge is 0.383 e. The van der Waals surface area contributed by atoms with Crippen LogP contribution in [0.1, 0.15) is 10.4 Å². The molecule has 0 saturated carbocycles. The molecular formula is C20H17BrFN5O4S3. The number of halogens is 2. The van der Waals surface area contributed by atoms with Gasteiger partial charge >= 0.3 is 0 Å². The lowest BCUT2D eigenvalue weighted by Crippen LogP contribution is -2.23. The Balaban J connectivity index is 1.71. The third kappa shape index (κ3) is 4.37. The molecule has 1 aliphatic heterocycles. The molecule has 1 aliphatic rings. The van der Waals surface area contributed by atoms with Crippen molar-refractivity contribution in [3.05, 3.63) is 67.2 Å². The minimum absolute atomic E-state index is 0.0391. The van der Waals surface area contributed by atoms with Gasteiger partial charge in [0.25, 0.3) is 5.69 Å². The van der Waals surface area contributed by atoms with Gasteiger partial charge in [-0.2, -0.15) is 0 Å². The van der Waals surface area contributed by atoms with E-state index >= 15 is 0 Å². The maximum atomic E-state index is 14.3. The number of non-ortho nitro benzene ring substituents is 1. The monoisotopic (exact) mass is 585 g/mol. The zero-order valence-electron chi connectivity index (χ0n) is 17.5. The van der Waals surface area contributed by atoms with Crippen LogP contribution in [0.3, 0.4) is 0 Å². The number of hydrogen-bond donors (Lipinski definition) is 3. The highest BCUT2D eigenvalue weighted by Gasteiger charge is 2.30. The number of thiophene rings is 1. The summed E-state index contributed by atoms with van der Waals surface area (Å²) in [5, 5.41) is 21.8. The van der Waals surface area contributed by atoms with Crippen LogP contribution in [-0.4, -0.2) is 32.1 Å². The molecule has 0 unspecified atom stereocenters. The van der Waals surface area contributed by atoms with E-state index in [1.807, 2.05) is 0 Å². The number of nitrogens with one attached hydrogen (secondary N) is 2. The summed E-state index contributed by atoms with van der Waals surface area (Å²) in [7, 11) is -3.92. The first kappa shape index (κ1) is 24.4. The van der Waals surface area contributed by atoms with E-state index in [9.17, 15) is 22.9 Å². The topological polar surface area (TPSA) is 142 Å². The minimum Gasteiger partial charge on any atom is -0.383 e. The van der Waals surface area contributed by atoms with Crippen LogP contribution in [0.4, 0.5) is 21.5 Å². The summed E-state index contributed by atoms with van der Waals surface area (Å²) in [4.78, 5) is 12.7. The number of thioether (sulfide) groups is 1. The molecule has 178 valence electrons. The molecule has 0 saturated heterocycles. The molecule has 0 atom stereocenters. The normalized spacial score (nSPS) is 13.0. The van der Waals surface area contributed by atoms with E-state index in [-0.39, 0.29) is 40.1 Å². The van der Waals surface area contributed by atoms with Gasteiger partial charge in [0.05, 0.1) is 41.8 Å². The molecule has 4 N–H and O–H groups in total. The highest BCUT2D eigenvalue weighted by Crippen LogP contribution is 2.44. The van der Waals surface area contributed by atoms with Gasteiger partial charge in [0.2, 0.25) is 9.84 Å². The first-order chi connectivity index (χ1) is 16.0. The second-order valence-electron chi connectivity index (χ2n) is 7.25. The number of benzene rings is 2. The summed E-state index contributed by atoms with van der Waals surface area (Å²) in [5.41, 5.74) is 6.62. The number of fused-ring (bicyclic) bond motifs is 1. The van der Waals surface area contributed by atoms with E-state index in [2.05, 4.69) is 21.2 Å². The standard InChI is InChI=1S/C20H17BrFN5O4S3/c1-32-20-17(7-16(33-20)19(23)24)34(30,31)12-5-13(21)18-15(6-12)25-9-26(18)8-10-4-11(27(28)29)2-3-14(10)22/h2-7,25H,8-9H2,1H3,(H3,23,24). The first-order valence-electron chi connectivity index (χ1n) is 9.55. The molecule has 3 aromatic rings. The zero-order chi connectivity index (χ0) is 24.8. The number of nitrogens with two attached hydrogens (primary N) is 1. The summed E-state index contributed by atoms with van der Waals surface area (Å²) in [5.74, 6) is -0.778. The minimum atomic E-state index is -3.92. The van der Waals surface area contributed by atoms with Crippen molar-refractivity contribution in [2.45, 2.75) is 20.5 Å². The molecule has 0 aliphatic carbocycles. The number of nitrogen functional groups attached to an aromatic ring is 1. The molecule has 4 rings (SSSR count). The van der Waals surface area contributed by atoms with Gasteiger partial charge in [0.15, 0.2) is 0 Å². The number of nitrogens with zero attached hydrogens (tertiary/aromatic N) is 2. The van der Waals surface area contributed by atoms with Crippen LogP contribution < -0.4 is 16.0 Å². The second-order valence-corrected chi connectivity index (χ2v) is 12.2. The molecule has 2 heterocycles. The van der Waals surface area contributed by atoms with Crippen molar-refractivity contribution < 1.29 is 17.7 Å². The molecule has 0 radical (unpaired) electrons. The fourth-order valence-corrected chi connectivity index (χ4v) is 8.30. The fraction of sp³-hybridized carbons (Fsp3) is 0.150. The third-order valence-electron chi connectivity index (χ3n) is 5.13. The number of hydrogen-bond acceptors (Lipinski definition) is 9. The average Bonchev–Trinajstić information content (AvgIpc) is 3.40. The van der Waals surface area contributed by atoms with Crippen LogP contribution in [0, 0.1) is 21.3 Å². The lowest BCUT2D eigenvalue weighted by molar-refractivity contribution is -0.385. The highest BCUT2D eigenvalue weighted by molar-refractivity contribution is 9.10. The van der Waals surface area contributed by atoms with Gasteiger partial charge in [-0.1, -0.05) is 0 Å². The molecule has 0 fully saturated rings. The van der Waals surface area contributed by atoms with Crippen molar-refractivity contribution in [2.75, 3.05) is 23.1 Å². The van der Waals surface area contributed by atoms with Crippen LogP contribution >= 0.6 is 39.0 Å². The van der Waals surface area contributed by atoms with E-state index in [4.69, 9.17) is 11.1 Å². The van der Waals surface area contributed by atoms with Crippen molar-refractivity contribution in [3.8, 4) is 0 Å². The molecule has 0 bridgehead atoms. The fourth-order valence-electron chi connectivity index (χ4n) is 3.53. The quantitative estimate of drug-likeness (QED) is 0.118. The van der Waals surface area contributed by atoms with Crippen molar-refractivity contribution in [1.29, 1.82) is 5.41 Å². The van der Waals surface area contributed by atoms with Crippen molar-refractivity contribution in [2.24, 2.45) is 5.73 Å². The van der Waals surface area contributed by atoms with Gasteiger partial charge in [-0.3, -0.25) is 15.5 Å². The Kier molecular flexibility index (Phi) is 6.59. The smallest absolute Gasteiger partial charge is 0.269 e. The Bertz CT molecular complexity index is 1440. The summed E-state index contributed by atoms with van der Waals surface area (Å²) < 4.78 is 42.2. The number of nitro benzene ring substituents is 1. The van der Waals surface area contributed by atoms with E-state index in [0.29, 0.717) is 24.9 Å².